The summed E-state index contributed by atoms with van der Waals surface area (Å²) in [5.41, 5.74) is 7.22. The van der Waals surface area contributed by atoms with E-state index in [1.54, 1.807) is 0 Å². The van der Waals surface area contributed by atoms with E-state index in [9.17, 15) is 0 Å². The average Bonchev–Trinajstić information content (AvgIpc) is 2.21. The van der Waals surface area contributed by atoms with Crippen LogP contribution in [0.15, 0.2) is 30.3 Å². The number of nitrogens with two attached hydrogens (primary N) is 1. The summed E-state index contributed by atoms with van der Waals surface area (Å²) in [5, 5.41) is 0. The molecule has 2 unspecified atom stereocenters. The van der Waals surface area contributed by atoms with Crippen LogP contribution in [0.4, 0.5) is 0 Å². The normalized spacial score (nSPS) is 15.1. The first-order valence-electron chi connectivity index (χ1n) is 5.54. The smallest absolute Gasteiger partial charge is 0.000567 e. The van der Waals surface area contributed by atoms with Gasteiger partial charge in [-0.15, -0.1) is 0 Å². The first kappa shape index (κ1) is 11.3. The maximum absolute atomic E-state index is 5.84. The molecule has 0 aromatic heterocycles. The molecule has 0 saturated carbocycles. The molecule has 0 fully saturated rings. The van der Waals surface area contributed by atoms with Gasteiger partial charge in [-0.3, -0.25) is 0 Å². The second kappa shape index (κ2) is 5.82. The van der Waals surface area contributed by atoms with E-state index in [4.69, 9.17) is 5.73 Å². The minimum atomic E-state index is 0.524. The van der Waals surface area contributed by atoms with Crippen molar-refractivity contribution < 1.29 is 0 Å². The molecule has 0 heterocycles. The van der Waals surface area contributed by atoms with Crippen LogP contribution in [0.2, 0.25) is 0 Å². The van der Waals surface area contributed by atoms with E-state index >= 15 is 0 Å². The van der Waals surface area contributed by atoms with Gasteiger partial charge in [0.2, 0.25) is 0 Å². The van der Waals surface area contributed by atoms with Gasteiger partial charge in [0, 0.05) is 0 Å². The van der Waals surface area contributed by atoms with Crippen molar-refractivity contribution in [1.29, 1.82) is 0 Å². The molecule has 1 aromatic rings. The fourth-order valence-corrected chi connectivity index (χ4v) is 2.05. The molecule has 1 heteroatoms. The van der Waals surface area contributed by atoms with E-state index in [-0.39, 0.29) is 0 Å². The van der Waals surface area contributed by atoms with Crippen molar-refractivity contribution in [2.45, 2.75) is 32.6 Å². The van der Waals surface area contributed by atoms with Gasteiger partial charge in [0.25, 0.3) is 0 Å². The van der Waals surface area contributed by atoms with Gasteiger partial charge in [0.1, 0.15) is 0 Å². The summed E-state index contributed by atoms with van der Waals surface area (Å²) in [6.45, 7) is 5.29. The Bertz CT molecular complexity index is 243. The molecular formula is C13H21N. The van der Waals surface area contributed by atoms with Gasteiger partial charge in [-0.1, -0.05) is 57.0 Å². The lowest BCUT2D eigenvalue weighted by Crippen LogP contribution is -2.19. The first-order valence-corrected chi connectivity index (χ1v) is 5.54. The lowest BCUT2D eigenvalue weighted by atomic mass is 9.85. The van der Waals surface area contributed by atoms with Crippen LogP contribution in [0.1, 0.15) is 38.2 Å². The fourth-order valence-electron chi connectivity index (χ4n) is 2.05. The number of hydrogen-bond donors (Lipinski definition) is 1. The fraction of sp³-hybridized carbons (Fsp3) is 0.538. The van der Waals surface area contributed by atoms with E-state index in [0.717, 1.165) is 6.54 Å². The number of rotatable bonds is 5. The monoisotopic (exact) mass is 191 g/mol. The Labute approximate surface area is 87.3 Å². The zero-order chi connectivity index (χ0) is 10.4. The van der Waals surface area contributed by atoms with E-state index in [1.807, 2.05) is 0 Å². The molecule has 0 amide bonds. The Kier molecular flexibility index (Phi) is 4.68. The second-order valence-corrected chi connectivity index (χ2v) is 4.02. The number of benzene rings is 1. The molecule has 2 atom stereocenters. The van der Waals surface area contributed by atoms with Crippen LogP contribution in [0, 0.1) is 5.92 Å². The standard InChI is InChI=1S/C13H21N/c1-3-7-11(2)13(10-14)12-8-5-4-6-9-12/h4-6,8-9,11,13H,3,7,10,14H2,1-2H3. The van der Waals surface area contributed by atoms with E-state index < -0.39 is 0 Å². The van der Waals surface area contributed by atoms with Crippen LogP contribution in [0.3, 0.4) is 0 Å². The van der Waals surface area contributed by atoms with Crippen LogP contribution in [-0.2, 0) is 0 Å². The van der Waals surface area contributed by atoms with Crippen LogP contribution in [-0.4, -0.2) is 6.54 Å². The molecular weight excluding hydrogens is 170 g/mol. The number of hydrogen-bond acceptors (Lipinski definition) is 1. The predicted octanol–water partition coefficient (Wildman–Crippen LogP) is 3.17. The third-order valence-electron chi connectivity index (χ3n) is 2.91. The van der Waals surface area contributed by atoms with Crippen molar-refractivity contribution >= 4 is 0 Å². The van der Waals surface area contributed by atoms with Gasteiger partial charge in [-0.05, 0) is 23.9 Å². The SMILES string of the molecule is CCCC(C)C(CN)c1ccccc1. The summed E-state index contributed by atoms with van der Waals surface area (Å²) < 4.78 is 0. The molecule has 0 spiro atoms. The summed E-state index contributed by atoms with van der Waals surface area (Å²) >= 11 is 0. The molecule has 1 rings (SSSR count). The van der Waals surface area contributed by atoms with Gasteiger partial charge in [-0.25, -0.2) is 0 Å². The second-order valence-electron chi connectivity index (χ2n) is 4.02. The predicted molar refractivity (Wildman–Crippen MR) is 62.3 cm³/mol. The molecule has 0 saturated heterocycles. The van der Waals surface area contributed by atoms with Crippen molar-refractivity contribution in [3.63, 3.8) is 0 Å². The maximum atomic E-state index is 5.84. The van der Waals surface area contributed by atoms with Gasteiger partial charge >= 0.3 is 0 Å². The molecule has 78 valence electrons. The Morgan fingerprint density at radius 1 is 1.21 bits per heavy atom. The van der Waals surface area contributed by atoms with Crippen LogP contribution in [0.25, 0.3) is 0 Å². The highest BCUT2D eigenvalue weighted by molar-refractivity contribution is 5.20. The van der Waals surface area contributed by atoms with E-state index in [1.165, 1.54) is 18.4 Å². The van der Waals surface area contributed by atoms with Crippen molar-refractivity contribution in [2.24, 2.45) is 11.7 Å². The van der Waals surface area contributed by atoms with Gasteiger partial charge in [0.15, 0.2) is 0 Å². The summed E-state index contributed by atoms with van der Waals surface area (Å²) in [6.07, 6.45) is 2.50. The lowest BCUT2D eigenvalue weighted by Gasteiger charge is -2.22. The molecule has 1 nitrogen and oxygen atoms in total. The van der Waals surface area contributed by atoms with Crippen LogP contribution in [0.5, 0.6) is 0 Å². The summed E-state index contributed by atoms with van der Waals surface area (Å²) in [5.74, 6) is 1.21. The third kappa shape index (κ3) is 2.85. The highest BCUT2D eigenvalue weighted by Crippen LogP contribution is 2.26. The Morgan fingerprint density at radius 3 is 2.36 bits per heavy atom. The quantitative estimate of drug-likeness (QED) is 0.760. The zero-order valence-corrected chi connectivity index (χ0v) is 9.24. The van der Waals surface area contributed by atoms with E-state index in [0.29, 0.717) is 11.8 Å². The Balaban J connectivity index is 2.71. The van der Waals surface area contributed by atoms with E-state index in [2.05, 4.69) is 44.2 Å². The average molecular weight is 191 g/mol. The Morgan fingerprint density at radius 2 is 1.86 bits per heavy atom. The summed E-state index contributed by atoms with van der Waals surface area (Å²) in [6, 6.07) is 10.6. The van der Waals surface area contributed by atoms with Crippen molar-refractivity contribution in [1.82, 2.24) is 0 Å². The summed E-state index contributed by atoms with van der Waals surface area (Å²) in [4.78, 5) is 0. The molecule has 0 aliphatic carbocycles. The molecule has 14 heavy (non-hydrogen) atoms. The molecule has 0 radical (unpaired) electrons. The molecule has 2 N–H and O–H groups in total. The minimum absolute atomic E-state index is 0.524. The van der Waals surface area contributed by atoms with Gasteiger partial charge < -0.3 is 5.73 Å². The highest BCUT2D eigenvalue weighted by Gasteiger charge is 2.16. The van der Waals surface area contributed by atoms with Crippen molar-refractivity contribution in [3.8, 4) is 0 Å². The topological polar surface area (TPSA) is 26.0 Å². The summed E-state index contributed by atoms with van der Waals surface area (Å²) in [7, 11) is 0. The third-order valence-corrected chi connectivity index (χ3v) is 2.91. The first-order chi connectivity index (χ1) is 6.79. The van der Waals surface area contributed by atoms with Crippen LogP contribution >= 0.6 is 0 Å². The molecule has 0 aliphatic rings. The van der Waals surface area contributed by atoms with Crippen LogP contribution < -0.4 is 5.73 Å². The van der Waals surface area contributed by atoms with Gasteiger partial charge in [0.05, 0.1) is 0 Å². The highest BCUT2D eigenvalue weighted by atomic mass is 14.6. The van der Waals surface area contributed by atoms with Crippen molar-refractivity contribution in [3.05, 3.63) is 35.9 Å². The molecule has 0 bridgehead atoms. The lowest BCUT2D eigenvalue weighted by molar-refractivity contribution is 0.430. The molecule has 0 aliphatic heterocycles. The maximum Gasteiger partial charge on any atom is -0.000567 e. The van der Waals surface area contributed by atoms with Gasteiger partial charge in [-0.2, -0.15) is 0 Å². The zero-order valence-electron chi connectivity index (χ0n) is 9.24. The van der Waals surface area contributed by atoms with Crippen molar-refractivity contribution in [2.75, 3.05) is 6.54 Å². The largest absolute Gasteiger partial charge is 0.330 e. The minimum Gasteiger partial charge on any atom is -0.330 e. The Hall–Kier alpha value is -0.820. The molecule has 1 aromatic carbocycles.